The van der Waals surface area contributed by atoms with Crippen LogP contribution in [0.3, 0.4) is 0 Å². The first-order chi connectivity index (χ1) is 16.6. The number of carbonyl (C=O) groups is 1. The lowest BCUT2D eigenvalue weighted by molar-refractivity contribution is -0.129. The predicted molar refractivity (Wildman–Crippen MR) is 135 cm³/mol. The third kappa shape index (κ3) is 4.10. The van der Waals surface area contributed by atoms with Gasteiger partial charge < -0.3 is 15.5 Å². The Morgan fingerprint density at radius 2 is 2.00 bits per heavy atom. The van der Waals surface area contributed by atoms with Crippen LogP contribution >= 0.6 is 0 Å². The number of nitrogens with zero attached hydrogens (tertiary/aromatic N) is 6. The number of hydrogen-bond donors (Lipinski definition) is 1. The molecule has 2 aromatic heterocycles. The topological polar surface area (TPSA) is 92.6 Å². The summed E-state index contributed by atoms with van der Waals surface area (Å²) in [7, 11) is 1.74. The van der Waals surface area contributed by atoms with E-state index < -0.39 is 0 Å². The summed E-state index contributed by atoms with van der Waals surface area (Å²) in [6.07, 6.45) is 14.4. The number of nitrogens with two attached hydrogens (primary N) is 1. The van der Waals surface area contributed by atoms with E-state index in [2.05, 4.69) is 20.6 Å². The molecule has 0 aromatic carbocycles. The summed E-state index contributed by atoms with van der Waals surface area (Å²) < 4.78 is 2.32. The summed E-state index contributed by atoms with van der Waals surface area (Å²) in [4.78, 5) is 25.4. The van der Waals surface area contributed by atoms with Crippen LogP contribution in [0, 0.1) is 0 Å². The van der Waals surface area contributed by atoms with Crippen LogP contribution in [0.1, 0.15) is 74.0 Å². The van der Waals surface area contributed by atoms with Gasteiger partial charge in [0, 0.05) is 62.7 Å². The minimum Gasteiger partial charge on any atom is -0.404 e. The van der Waals surface area contributed by atoms with Gasteiger partial charge in [-0.05, 0) is 37.3 Å². The lowest BCUT2D eigenvalue weighted by atomic mass is 9.95. The van der Waals surface area contributed by atoms with E-state index in [1.54, 1.807) is 26.4 Å². The van der Waals surface area contributed by atoms with Crippen LogP contribution in [0.5, 0.6) is 0 Å². The fraction of sp³-hybridized carbons (Fsp3) is 0.538. The molecule has 4 heterocycles. The van der Waals surface area contributed by atoms with Crippen LogP contribution in [0.15, 0.2) is 23.5 Å². The number of carbonyl (C=O) groups excluding carboxylic acids is 1. The monoisotopic (exact) mass is 461 g/mol. The molecule has 0 saturated heterocycles. The quantitative estimate of drug-likeness (QED) is 0.700. The minimum atomic E-state index is 0.131. The Labute approximate surface area is 201 Å². The van der Waals surface area contributed by atoms with Crippen molar-refractivity contribution in [3.8, 4) is 0 Å². The number of allylic oxidation sites excluding steroid dienone is 1. The van der Waals surface area contributed by atoms with E-state index in [0.717, 1.165) is 55.1 Å². The predicted octanol–water partition coefficient (Wildman–Crippen LogP) is 3.77. The number of hydrogen-bond acceptors (Lipinski definition) is 6. The SMILES string of the molecule is CN=C/C(=C\N)c1cc2c(cn1)N(c1nn(C3CCCCC3)c3c1CN(C(C)=O)CC3)CCC2. The number of aliphatic imine (C=N–C) groups is 1. The third-order valence-corrected chi connectivity index (χ3v) is 7.51. The molecular formula is C26H35N7O. The molecule has 5 rings (SSSR count). The van der Waals surface area contributed by atoms with Crippen molar-refractivity contribution < 1.29 is 4.79 Å². The van der Waals surface area contributed by atoms with Gasteiger partial charge in [0.15, 0.2) is 5.82 Å². The highest BCUT2D eigenvalue weighted by Crippen LogP contribution is 2.40. The van der Waals surface area contributed by atoms with Crippen molar-refractivity contribution in [2.75, 3.05) is 25.0 Å². The van der Waals surface area contributed by atoms with E-state index in [9.17, 15) is 4.79 Å². The number of aromatic nitrogens is 3. The van der Waals surface area contributed by atoms with Crippen molar-refractivity contribution in [3.63, 3.8) is 0 Å². The van der Waals surface area contributed by atoms with Crippen LogP contribution < -0.4 is 10.6 Å². The average Bonchev–Trinajstić information content (AvgIpc) is 3.26. The number of amides is 1. The van der Waals surface area contributed by atoms with Crippen molar-refractivity contribution in [2.45, 2.75) is 70.9 Å². The molecule has 2 aliphatic heterocycles. The summed E-state index contributed by atoms with van der Waals surface area (Å²) in [5, 5.41) is 5.26. The molecule has 2 N–H and O–H groups in total. The Kier molecular flexibility index (Phi) is 6.39. The Morgan fingerprint density at radius 3 is 2.74 bits per heavy atom. The van der Waals surface area contributed by atoms with E-state index in [4.69, 9.17) is 15.8 Å². The molecule has 0 spiro atoms. The van der Waals surface area contributed by atoms with Gasteiger partial charge in [-0.25, -0.2) is 0 Å². The highest BCUT2D eigenvalue weighted by molar-refractivity contribution is 6.08. The van der Waals surface area contributed by atoms with E-state index in [-0.39, 0.29) is 5.91 Å². The summed E-state index contributed by atoms with van der Waals surface area (Å²) in [6.45, 7) is 3.98. The Morgan fingerprint density at radius 1 is 1.18 bits per heavy atom. The zero-order valence-electron chi connectivity index (χ0n) is 20.3. The van der Waals surface area contributed by atoms with Gasteiger partial charge in [-0.2, -0.15) is 5.10 Å². The van der Waals surface area contributed by atoms with Crippen LogP contribution in [0.4, 0.5) is 11.5 Å². The smallest absolute Gasteiger partial charge is 0.219 e. The molecule has 1 aliphatic carbocycles. The van der Waals surface area contributed by atoms with E-state index in [0.29, 0.717) is 12.6 Å². The number of fused-ring (bicyclic) bond motifs is 2. The minimum absolute atomic E-state index is 0.131. The second kappa shape index (κ2) is 9.60. The van der Waals surface area contributed by atoms with E-state index in [1.807, 2.05) is 11.1 Å². The highest BCUT2D eigenvalue weighted by atomic mass is 16.2. The molecule has 8 heteroatoms. The van der Waals surface area contributed by atoms with Gasteiger partial charge in [0.1, 0.15) is 0 Å². The maximum absolute atomic E-state index is 12.2. The Bertz CT molecular complexity index is 1130. The zero-order chi connectivity index (χ0) is 23.7. The zero-order valence-corrected chi connectivity index (χ0v) is 20.3. The highest BCUT2D eigenvalue weighted by Gasteiger charge is 2.33. The number of aryl methyl sites for hydroxylation is 1. The maximum atomic E-state index is 12.2. The largest absolute Gasteiger partial charge is 0.404 e. The van der Waals surface area contributed by atoms with Gasteiger partial charge in [-0.1, -0.05) is 19.3 Å². The van der Waals surface area contributed by atoms with Gasteiger partial charge in [0.25, 0.3) is 0 Å². The molecule has 1 amide bonds. The lowest BCUT2D eigenvalue weighted by Gasteiger charge is -2.32. The molecule has 180 valence electrons. The fourth-order valence-corrected chi connectivity index (χ4v) is 5.73. The number of rotatable bonds is 4. The second-order valence-corrected chi connectivity index (χ2v) is 9.64. The van der Waals surface area contributed by atoms with Crippen molar-refractivity contribution in [1.29, 1.82) is 0 Å². The number of pyridine rings is 1. The molecule has 34 heavy (non-hydrogen) atoms. The summed E-state index contributed by atoms with van der Waals surface area (Å²) in [6, 6.07) is 2.60. The molecule has 1 saturated carbocycles. The van der Waals surface area contributed by atoms with Crippen molar-refractivity contribution >= 4 is 29.2 Å². The van der Waals surface area contributed by atoms with Crippen LogP contribution in [0.2, 0.25) is 0 Å². The number of anilines is 2. The Balaban J connectivity index is 1.56. The van der Waals surface area contributed by atoms with Crippen molar-refractivity contribution in [1.82, 2.24) is 19.7 Å². The molecule has 2 aromatic rings. The summed E-state index contributed by atoms with van der Waals surface area (Å²) >= 11 is 0. The first-order valence-corrected chi connectivity index (χ1v) is 12.6. The second-order valence-electron chi connectivity index (χ2n) is 9.64. The summed E-state index contributed by atoms with van der Waals surface area (Å²) in [5.74, 6) is 1.14. The van der Waals surface area contributed by atoms with Crippen molar-refractivity contribution in [2.24, 2.45) is 10.7 Å². The maximum Gasteiger partial charge on any atom is 0.219 e. The van der Waals surface area contributed by atoms with Crippen LogP contribution in [-0.4, -0.2) is 51.9 Å². The van der Waals surface area contributed by atoms with Crippen LogP contribution in [-0.2, 0) is 24.2 Å². The molecule has 8 nitrogen and oxygen atoms in total. The van der Waals surface area contributed by atoms with Crippen molar-refractivity contribution in [3.05, 3.63) is 41.0 Å². The van der Waals surface area contributed by atoms with Crippen LogP contribution in [0.25, 0.3) is 5.57 Å². The first kappa shape index (κ1) is 22.6. The Hall–Kier alpha value is -3.16. The van der Waals surface area contributed by atoms with Gasteiger partial charge in [-0.3, -0.25) is 19.5 Å². The molecule has 0 radical (unpaired) electrons. The van der Waals surface area contributed by atoms with E-state index in [1.165, 1.54) is 48.9 Å². The first-order valence-electron chi connectivity index (χ1n) is 12.6. The summed E-state index contributed by atoms with van der Waals surface area (Å²) in [5.41, 5.74) is 12.4. The van der Waals surface area contributed by atoms with Gasteiger partial charge in [-0.15, -0.1) is 0 Å². The van der Waals surface area contributed by atoms with Gasteiger partial charge in [0.2, 0.25) is 5.91 Å². The molecule has 3 aliphatic rings. The molecule has 0 atom stereocenters. The average molecular weight is 462 g/mol. The fourth-order valence-electron chi connectivity index (χ4n) is 5.73. The molecular weight excluding hydrogens is 426 g/mol. The third-order valence-electron chi connectivity index (χ3n) is 7.51. The molecule has 0 unspecified atom stereocenters. The lowest BCUT2D eigenvalue weighted by Crippen LogP contribution is -2.35. The molecule has 0 bridgehead atoms. The van der Waals surface area contributed by atoms with Gasteiger partial charge in [0.05, 0.1) is 30.2 Å². The van der Waals surface area contributed by atoms with Gasteiger partial charge >= 0.3 is 0 Å². The normalized spacial score (nSPS) is 19.4. The molecule has 1 fully saturated rings. The van der Waals surface area contributed by atoms with E-state index >= 15 is 0 Å². The standard InChI is InChI=1S/C26H35N7O/c1-18(34)31-12-10-24-22(17-31)26(30-33(24)21-8-4-3-5-9-21)32-11-6-7-19-13-23(29-16-25(19)32)20(14-27)15-28-2/h13-16,21H,3-12,17,27H2,1-2H3/b20-14+,28-15?.